The predicted octanol–water partition coefficient (Wildman–Crippen LogP) is 3.29. The van der Waals surface area contributed by atoms with Gasteiger partial charge in [-0.3, -0.25) is 9.69 Å². The van der Waals surface area contributed by atoms with E-state index in [0.717, 1.165) is 24.2 Å². The van der Waals surface area contributed by atoms with Gasteiger partial charge in [-0.2, -0.15) is 0 Å². The number of carbonyl (C=O) groups is 1. The highest BCUT2D eigenvalue weighted by atomic mass is 19.1. The molecular weight excluding hydrogens is 343 g/mol. The number of halogens is 1. The number of morpholine rings is 1. The molecule has 1 amide bonds. The minimum atomic E-state index is -0.640. The fourth-order valence-electron chi connectivity index (χ4n) is 3.46. The third kappa shape index (κ3) is 4.73. The zero-order valence-electron chi connectivity index (χ0n) is 16.0. The van der Waals surface area contributed by atoms with E-state index in [0.29, 0.717) is 19.8 Å². The molecule has 1 unspecified atom stereocenters. The lowest BCUT2D eigenvalue weighted by Gasteiger charge is -2.35. The van der Waals surface area contributed by atoms with Crippen molar-refractivity contribution in [1.29, 1.82) is 0 Å². The van der Waals surface area contributed by atoms with Gasteiger partial charge in [0.25, 0.3) is 0 Å². The zero-order valence-corrected chi connectivity index (χ0v) is 16.0. The first-order chi connectivity index (χ1) is 13.0. The van der Waals surface area contributed by atoms with Crippen LogP contribution < -0.4 is 5.32 Å². The molecule has 1 atom stereocenters. The maximum Gasteiger partial charge on any atom is 0.230 e. The molecule has 0 aliphatic carbocycles. The molecule has 0 bridgehead atoms. The van der Waals surface area contributed by atoms with Crippen LogP contribution in [0.15, 0.2) is 54.6 Å². The Morgan fingerprint density at radius 1 is 1.15 bits per heavy atom. The summed E-state index contributed by atoms with van der Waals surface area (Å²) < 4.78 is 19.2. The fourth-order valence-corrected chi connectivity index (χ4v) is 3.46. The summed E-state index contributed by atoms with van der Waals surface area (Å²) in [5, 5.41) is 3.09. The normalized spacial score (nSPS) is 16.7. The van der Waals surface area contributed by atoms with Crippen LogP contribution >= 0.6 is 0 Å². The highest BCUT2D eigenvalue weighted by Crippen LogP contribution is 2.25. The van der Waals surface area contributed by atoms with Crippen LogP contribution in [0.5, 0.6) is 0 Å². The number of hydrogen-bond acceptors (Lipinski definition) is 3. The van der Waals surface area contributed by atoms with E-state index in [1.54, 1.807) is 12.1 Å². The van der Waals surface area contributed by atoms with Crippen molar-refractivity contribution in [3.63, 3.8) is 0 Å². The Morgan fingerprint density at radius 2 is 1.85 bits per heavy atom. The van der Waals surface area contributed by atoms with Crippen LogP contribution in [0.1, 0.15) is 31.0 Å². The first kappa shape index (κ1) is 19.5. The number of rotatable bonds is 6. The standard InChI is InChI=1S/C22H27FN2O2/c1-22(2,18-8-4-3-5-9-18)21(26)24-16-20(25-11-13-27-14-12-25)17-7-6-10-19(23)15-17/h3-10,15,20H,11-14,16H2,1-2H3,(H,24,26). The van der Waals surface area contributed by atoms with Crippen LogP contribution in [0.2, 0.25) is 0 Å². The minimum Gasteiger partial charge on any atom is -0.379 e. The molecule has 0 aromatic heterocycles. The Bertz CT molecular complexity index is 758. The van der Waals surface area contributed by atoms with Gasteiger partial charge in [-0.1, -0.05) is 42.5 Å². The second-order valence-corrected chi connectivity index (χ2v) is 7.42. The average Bonchev–Trinajstić information content (AvgIpc) is 2.69. The number of hydrogen-bond donors (Lipinski definition) is 1. The SMILES string of the molecule is CC(C)(C(=O)NCC(c1cccc(F)c1)N1CCOCC1)c1ccccc1. The molecule has 4 nitrogen and oxygen atoms in total. The molecule has 1 heterocycles. The number of ether oxygens (including phenoxy) is 1. The Labute approximate surface area is 160 Å². The van der Waals surface area contributed by atoms with Gasteiger partial charge < -0.3 is 10.1 Å². The van der Waals surface area contributed by atoms with Gasteiger partial charge in [0.2, 0.25) is 5.91 Å². The molecule has 0 radical (unpaired) electrons. The average molecular weight is 370 g/mol. The predicted molar refractivity (Wildman–Crippen MR) is 104 cm³/mol. The Morgan fingerprint density at radius 3 is 2.52 bits per heavy atom. The van der Waals surface area contributed by atoms with E-state index < -0.39 is 5.41 Å². The molecular formula is C22H27FN2O2. The summed E-state index contributed by atoms with van der Waals surface area (Å²) in [4.78, 5) is 15.2. The number of benzene rings is 2. The van der Waals surface area contributed by atoms with Gasteiger partial charge in [-0.05, 0) is 37.1 Å². The summed E-state index contributed by atoms with van der Waals surface area (Å²) in [5.74, 6) is -0.301. The number of nitrogens with zero attached hydrogens (tertiary/aromatic N) is 1. The van der Waals surface area contributed by atoms with E-state index in [-0.39, 0.29) is 17.8 Å². The molecule has 2 aromatic carbocycles. The zero-order chi connectivity index (χ0) is 19.3. The maximum atomic E-state index is 13.8. The van der Waals surface area contributed by atoms with Crippen molar-refractivity contribution in [3.8, 4) is 0 Å². The van der Waals surface area contributed by atoms with E-state index in [1.807, 2.05) is 50.2 Å². The van der Waals surface area contributed by atoms with Gasteiger partial charge in [0, 0.05) is 19.6 Å². The van der Waals surface area contributed by atoms with Crippen molar-refractivity contribution in [2.75, 3.05) is 32.8 Å². The quantitative estimate of drug-likeness (QED) is 0.848. The number of amides is 1. The molecule has 5 heteroatoms. The number of nitrogens with one attached hydrogen (secondary N) is 1. The Hall–Kier alpha value is -2.24. The van der Waals surface area contributed by atoms with Crippen molar-refractivity contribution in [1.82, 2.24) is 10.2 Å². The van der Waals surface area contributed by atoms with Gasteiger partial charge in [0.05, 0.1) is 24.7 Å². The topological polar surface area (TPSA) is 41.6 Å². The molecule has 0 spiro atoms. The van der Waals surface area contributed by atoms with Gasteiger partial charge in [-0.15, -0.1) is 0 Å². The summed E-state index contributed by atoms with van der Waals surface area (Å²) >= 11 is 0. The molecule has 1 fully saturated rings. The lowest BCUT2D eigenvalue weighted by molar-refractivity contribution is -0.126. The van der Waals surface area contributed by atoms with Crippen LogP contribution in [0, 0.1) is 5.82 Å². The molecule has 3 rings (SSSR count). The van der Waals surface area contributed by atoms with Gasteiger partial charge in [0.15, 0.2) is 0 Å². The minimum absolute atomic E-state index is 0.0386. The van der Waals surface area contributed by atoms with E-state index in [4.69, 9.17) is 4.74 Å². The Kier molecular flexibility index (Phi) is 6.24. The van der Waals surface area contributed by atoms with Crippen molar-refractivity contribution >= 4 is 5.91 Å². The van der Waals surface area contributed by atoms with Crippen LogP contribution in [0.25, 0.3) is 0 Å². The van der Waals surface area contributed by atoms with Gasteiger partial charge >= 0.3 is 0 Å². The fraction of sp³-hybridized carbons (Fsp3) is 0.409. The highest BCUT2D eigenvalue weighted by molar-refractivity contribution is 5.87. The van der Waals surface area contributed by atoms with Crippen molar-refractivity contribution in [3.05, 3.63) is 71.5 Å². The molecule has 0 saturated carbocycles. The molecule has 144 valence electrons. The van der Waals surface area contributed by atoms with E-state index in [2.05, 4.69) is 10.2 Å². The van der Waals surface area contributed by atoms with Gasteiger partial charge in [-0.25, -0.2) is 4.39 Å². The Balaban J connectivity index is 1.75. The monoisotopic (exact) mass is 370 g/mol. The summed E-state index contributed by atoms with van der Waals surface area (Å²) in [6.07, 6.45) is 0. The summed E-state index contributed by atoms with van der Waals surface area (Å²) in [5.41, 5.74) is 1.20. The summed E-state index contributed by atoms with van der Waals surface area (Å²) in [7, 11) is 0. The second-order valence-electron chi connectivity index (χ2n) is 7.42. The van der Waals surface area contributed by atoms with Crippen molar-refractivity contribution < 1.29 is 13.9 Å². The van der Waals surface area contributed by atoms with Crippen LogP contribution in [-0.4, -0.2) is 43.7 Å². The third-order valence-electron chi connectivity index (χ3n) is 5.24. The largest absolute Gasteiger partial charge is 0.379 e. The smallest absolute Gasteiger partial charge is 0.230 e. The highest BCUT2D eigenvalue weighted by Gasteiger charge is 2.31. The van der Waals surface area contributed by atoms with E-state index in [9.17, 15) is 9.18 Å². The summed E-state index contributed by atoms with van der Waals surface area (Å²) in [6, 6.07) is 16.3. The van der Waals surface area contributed by atoms with Gasteiger partial charge in [0.1, 0.15) is 5.82 Å². The van der Waals surface area contributed by atoms with Crippen LogP contribution in [0.3, 0.4) is 0 Å². The lowest BCUT2D eigenvalue weighted by atomic mass is 9.83. The first-order valence-corrected chi connectivity index (χ1v) is 9.39. The van der Waals surface area contributed by atoms with Crippen molar-refractivity contribution in [2.24, 2.45) is 0 Å². The molecule has 1 saturated heterocycles. The third-order valence-corrected chi connectivity index (χ3v) is 5.24. The second kappa shape index (κ2) is 8.63. The van der Waals surface area contributed by atoms with Crippen LogP contribution in [-0.2, 0) is 14.9 Å². The molecule has 1 N–H and O–H groups in total. The van der Waals surface area contributed by atoms with E-state index >= 15 is 0 Å². The molecule has 1 aliphatic heterocycles. The van der Waals surface area contributed by atoms with Crippen molar-refractivity contribution in [2.45, 2.75) is 25.3 Å². The first-order valence-electron chi connectivity index (χ1n) is 9.39. The van der Waals surface area contributed by atoms with Crippen LogP contribution in [0.4, 0.5) is 4.39 Å². The van der Waals surface area contributed by atoms with E-state index in [1.165, 1.54) is 6.07 Å². The molecule has 2 aromatic rings. The molecule has 1 aliphatic rings. The number of carbonyl (C=O) groups excluding carboxylic acids is 1. The summed E-state index contributed by atoms with van der Waals surface area (Å²) in [6.45, 7) is 7.09. The maximum absolute atomic E-state index is 13.8. The molecule has 27 heavy (non-hydrogen) atoms. The lowest BCUT2D eigenvalue weighted by Crippen LogP contribution is -2.47.